The Labute approximate surface area is 141 Å². The normalized spacial score (nSPS) is 24.8. The first-order valence-corrected chi connectivity index (χ1v) is 8.42. The summed E-state index contributed by atoms with van der Waals surface area (Å²) in [4.78, 5) is 12.4. The first-order valence-electron chi connectivity index (χ1n) is 8.42. The van der Waals surface area contributed by atoms with E-state index in [9.17, 15) is 4.79 Å². The fourth-order valence-electron chi connectivity index (χ4n) is 3.70. The molecule has 1 aliphatic heterocycles. The first kappa shape index (κ1) is 15.2. The van der Waals surface area contributed by atoms with Crippen LogP contribution in [0.5, 0.6) is 5.75 Å². The maximum absolute atomic E-state index is 12.4. The van der Waals surface area contributed by atoms with Crippen molar-refractivity contribution in [2.45, 2.75) is 25.0 Å². The van der Waals surface area contributed by atoms with Crippen molar-refractivity contribution < 1.29 is 14.3 Å². The van der Waals surface area contributed by atoms with Crippen molar-refractivity contribution in [3.8, 4) is 16.9 Å². The molecule has 0 spiro atoms. The highest BCUT2D eigenvalue weighted by Gasteiger charge is 2.45. The van der Waals surface area contributed by atoms with E-state index in [2.05, 4.69) is 5.32 Å². The van der Waals surface area contributed by atoms with E-state index in [0.717, 1.165) is 36.3 Å². The Morgan fingerprint density at radius 3 is 2.71 bits per heavy atom. The lowest BCUT2D eigenvalue weighted by atomic mass is 9.76. The molecule has 0 unspecified atom stereocenters. The highest BCUT2D eigenvalue weighted by Crippen LogP contribution is 2.38. The van der Waals surface area contributed by atoms with Crippen molar-refractivity contribution in [1.82, 2.24) is 5.32 Å². The Bertz CT molecular complexity index is 741. The Morgan fingerprint density at radius 2 is 1.96 bits per heavy atom. The lowest BCUT2D eigenvalue weighted by molar-refractivity contribution is 0.00810. The largest absolute Gasteiger partial charge is 0.496 e. The number of amides is 1. The van der Waals surface area contributed by atoms with Gasteiger partial charge >= 0.3 is 0 Å². The third-order valence-corrected chi connectivity index (χ3v) is 5.15. The average molecular weight is 323 g/mol. The van der Waals surface area contributed by atoms with Crippen LogP contribution in [0.15, 0.2) is 48.5 Å². The number of carbonyl (C=O) groups is 1. The van der Waals surface area contributed by atoms with Crippen LogP contribution in [0.4, 0.5) is 0 Å². The van der Waals surface area contributed by atoms with E-state index in [1.807, 2.05) is 48.5 Å². The van der Waals surface area contributed by atoms with Crippen molar-refractivity contribution in [1.29, 1.82) is 0 Å². The zero-order valence-corrected chi connectivity index (χ0v) is 13.7. The highest BCUT2D eigenvalue weighted by atomic mass is 16.5. The minimum absolute atomic E-state index is 0.00285. The van der Waals surface area contributed by atoms with Crippen molar-refractivity contribution in [3.63, 3.8) is 0 Å². The number of hydrogen-bond donors (Lipinski definition) is 1. The van der Waals surface area contributed by atoms with Gasteiger partial charge in [-0.15, -0.1) is 0 Å². The number of fused-ring (bicyclic) bond motifs is 1. The molecule has 1 heterocycles. The molecular weight excluding hydrogens is 302 g/mol. The minimum Gasteiger partial charge on any atom is -0.496 e. The van der Waals surface area contributed by atoms with E-state index < -0.39 is 0 Å². The number of methoxy groups -OCH3 is 1. The molecule has 1 saturated carbocycles. The summed E-state index contributed by atoms with van der Waals surface area (Å²) in [6, 6.07) is 15.8. The molecule has 3 atom stereocenters. The van der Waals surface area contributed by atoms with Crippen LogP contribution in [0.3, 0.4) is 0 Å². The van der Waals surface area contributed by atoms with Gasteiger partial charge in [-0.2, -0.15) is 0 Å². The smallest absolute Gasteiger partial charge is 0.251 e. The number of benzene rings is 2. The third kappa shape index (κ3) is 2.67. The summed E-state index contributed by atoms with van der Waals surface area (Å²) in [5, 5.41) is 3.14. The van der Waals surface area contributed by atoms with Gasteiger partial charge in [0.05, 0.1) is 13.2 Å². The van der Waals surface area contributed by atoms with Crippen LogP contribution in [-0.4, -0.2) is 31.8 Å². The minimum atomic E-state index is -0.00285. The molecule has 2 aromatic carbocycles. The predicted octanol–water partition coefficient (Wildman–Crippen LogP) is 3.27. The monoisotopic (exact) mass is 323 g/mol. The van der Waals surface area contributed by atoms with Gasteiger partial charge < -0.3 is 14.8 Å². The second-order valence-electron chi connectivity index (χ2n) is 6.46. The molecule has 0 aromatic heterocycles. The molecule has 2 aliphatic rings. The van der Waals surface area contributed by atoms with Gasteiger partial charge in [0, 0.05) is 29.7 Å². The molecule has 1 amide bonds. The Balaban J connectivity index is 1.46. The third-order valence-electron chi connectivity index (χ3n) is 5.15. The van der Waals surface area contributed by atoms with Crippen molar-refractivity contribution in [2.75, 3.05) is 13.7 Å². The second-order valence-corrected chi connectivity index (χ2v) is 6.46. The summed E-state index contributed by atoms with van der Waals surface area (Å²) < 4.78 is 11.0. The number of hydrogen-bond acceptors (Lipinski definition) is 3. The summed E-state index contributed by atoms with van der Waals surface area (Å²) in [5.74, 6) is 1.33. The van der Waals surface area contributed by atoms with Crippen LogP contribution < -0.4 is 10.1 Å². The summed E-state index contributed by atoms with van der Waals surface area (Å²) in [7, 11) is 1.67. The van der Waals surface area contributed by atoms with Gasteiger partial charge in [-0.1, -0.05) is 30.3 Å². The number of carbonyl (C=O) groups excluding carboxylic acids is 1. The molecule has 1 aliphatic carbocycles. The maximum atomic E-state index is 12.4. The van der Waals surface area contributed by atoms with Crippen LogP contribution in [-0.2, 0) is 4.74 Å². The molecule has 4 nitrogen and oxygen atoms in total. The standard InChI is InChI=1S/C20H21NO3/c1-23-18-5-3-2-4-15(18)13-6-8-14(9-7-13)20(22)21-17-12-19-16(17)10-11-24-19/h2-9,16-17,19H,10-12H2,1H3,(H,21,22)/t16-,17-,19+/m1/s1. The second kappa shape index (κ2) is 6.29. The fraction of sp³-hybridized carbons (Fsp3) is 0.350. The zero-order chi connectivity index (χ0) is 16.5. The maximum Gasteiger partial charge on any atom is 0.251 e. The van der Waals surface area contributed by atoms with E-state index in [1.54, 1.807) is 7.11 Å². The zero-order valence-electron chi connectivity index (χ0n) is 13.7. The number of rotatable bonds is 4. The average Bonchev–Trinajstić information content (AvgIpc) is 3.00. The Kier molecular flexibility index (Phi) is 3.98. The molecule has 2 aromatic rings. The van der Waals surface area contributed by atoms with Crippen molar-refractivity contribution in [2.24, 2.45) is 5.92 Å². The van der Waals surface area contributed by atoms with Crippen LogP contribution in [0, 0.1) is 5.92 Å². The molecular formula is C20H21NO3. The van der Waals surface area contributed by atoms with E-state index in [-0.39, 0.29) is 11.9 Å². The number of ether oxygens (including phenoxy) is 2. The fourth-order valence-corrected chi connectivity index (χ4v) is 3.70. The Morgan fingerprint density at radius 1 is 1.17 bits per heavy atom. The van der Waals surface area contributed by atoms with Gasteiger partial charge in [-0.05, 0) is 36.6 Å². The molecule has 2 fully saturated rings. The molecule has 1 N–H and O–H groups in total. The first-order chi connectivity index (χ1) is 11.8. The summed E-state index contributed by atoms with van der Waals surface area (Å²) in [6.07, 6.45) is 2.36. The predicted molar refractivity (Wildman–Crippen MR) is 92.1 cm³/mol. The lowest BCUT2D eigenvalue weighted by Gasteiger charge is -2.39. The number of para-hydroxylation sites is 1. The van der Waals surface area contributed by atoms with Gasteiger partial charge in [-0.3, -0.25) is 4.79 Å². The summed E-state index contributed by atoms with van der Waals surface area (Å²) in [6.45, 7) is 0.829. The van der Waals surface area contributed by atoms with E-state index in [0.29, 0.717) is 17.6 Å². The van der Waals surface area contributed by atoms with Crippen LogP contribution >= 0.6 is 0 Å². The van der Waals surface area contributed by atoms with Crippen molar-refractivity contribution in [3.05, 3.63) is 54.1 Å². The van der Waals surface area contributed by atoms with Gasteiger partial charge in [0.1, 0.15) is 5.75 Å². The highest BCUT2D eigenvalue weighted by molar-refractivity contribution is 5.95. The molecule has 4 heteroatoms. The topological polar surface area (TPSA) is 47.6 Å². The number of nitrogens with one attached hydrogen (secondary N) is 1. The van der Waals surface area contributed by atoms with Gasteiger partial charge in [0.2, 0.25) is 0 Å². The molecule has 0 radical (unpaired) electrons. The molecule has 4 rings (SSSR count). The quantitative estimate of drug-likeness (QED) is 0.939. The van der Waals surface area contributed by atoms with E-state index in [4.69, 9.17) is 9.47 Å². The van der Waals surface area contributed by atoms with E-state index >= 15 is 0 Å². The van der Waals surface area contributed by atoms with Crippen LogP contribution in [0.1, 0.15) is 23.2 Å². The van der Waals surface area contributed by atoms with Gasteiger partial charge in [0.15, 0.2) is 0 Å². The van der Waals surface area contributed by atoms with Crippen LogP contribution in [0.25, 0.3) is 11.1 Å². The summed E-state index contributed by atoms with van der Waals surface area (Å²) in [5.41, 5.74) is 2.75. The molecule has 24 heavy (non-hydrogen) atoms. The summed E-state index contributed by atoms with van der Waals surface area (Å²) >= 11 is 0. The Hall–Kier alpha value is -2.33. The van der Waals surface area contributed by atoms with Crippen molar-refractivity contribution >= 4 is 5.91 Å². The molecule has 124 valence electrons. The van der Waals surface area contributed by atoms with E-state index in [1.165, 1.54) is 0 Å². The SMILES string of the molecule is COc1ccccc1-c1ccc(C(=O)N[C@@H]2C[C@@H]3OCC[C@@H]32)cc1. The van der Waals surface area contributed by atoms with Gasteiger partial charge in [-0.25, -0.2) is 0 Å². The van der Waals surface area contributed by atoms with Crippen LogP contribution in [0.2, 0.25) is 0 Å². The molecule has 1 saturated heterocycles. The van der Waals surface area contributed by atoms with Gasteiger partial charge in [0.25, 0.3) is 5.91 Å². The molecule has 0 bridgehead atoms. The lowest BCUT2D eigenvalue weighted by Crippen LogP contribution is -2.53.